The average Bonchev–Trinajstić information content (AvgIpc) is 3.22. The molecule has 1 saturated heterocycles. The molecule has 2 aromatic rings. The third kappa shape index (κ3) is 2.81. The lowest BCUT2D eigenvalue weighted by Crippen LogP contribution is -2.35. The van der Waals surface area contributed by atoms with Crippen molar-refractivity contribution in [3.8, 4) is 0 Å². The van der Waals surface area contributed by atoms with Gasteiger partial charge in [0, 0.05) is 24.0 Å². The number of thiophene rings is 1. The zero-order valence-corrected chi connectivity index (χ0v) is 14.3. The highest BCUT2D eigenvalue weighted by atomic mass is 32.1. The highest BCUT2D eigenvalue weighted by Gasteiger charge is 2.27. The summed E-state index contributed by atoms with van der Waals surface area (Å²) in [5.41, 5.74) is 2.68. The Morgan fingerprint density at radius 3 is 2.74 bits per heavy atom. The number of rotatable bonds is 2. The van der Waals surface area contributed by atoms with Crippen molar-refractivity contribution in [1.82, 2.24) is 9.80 Å². The van der Waals surface area contributed by atoms with Crippen LogP contribution in [0.5, 0.6) is 0 Å². The summed E-state index contributed by atoms with van der Waals surface area (Å²) < 4.78 is 0. The number of nitrogens with zero attached hydrogens (tertiary/aromatic N) is 2. The fourth-order valence-electron chi connectivity index (χ4n) is 3.74. The molecule has 0 spiro atoms. The van der Waals surface area contributed by atoms with Gasteiger partial charge in [-0.05, 0) is 56.1 Å². The molecule has 1 aromatic heterocycles. The third-order valence-corrected chi connectivity index (χ3v) is 6.28. The van der Waals surface area contributed by atoms with Gasteiger partial charge in [0.25, 0.3) is 5.91 Å². The fraction of sp³-hybridized carbons (Fsp3) is 0.421. The summed E-state index contributed by atoms with van der Waals surface area (Å²) in [6.07, 6.45) is 3.43. The van der Waals surface area contributed by atoms with E-state index < -0.39 is 0 Å². The lowest BCUT2D eigenvalue weighted by molar-refractivity contribution is 0.0739. The maximum absolute atomic E-state index is 12.8. The predicted molar refractivity (Wildman–Crippen MR) is 93.8 cm³/mol. The van der Waals surface area contributed by atoms with Crippen molar-refractivity contribution in [3.05, 3.63) is 57.3 Å². The monoisotopic (exact) mass is 326 g/mol. The van der Waals surface area contributed by atoms with Gasteiger partial charge in [0.2, 0.25) is 0 Å². The van der Waals surface area contributed by atoms with Crippen LogP contribution in [0, 0.1) is 0 Å². The highest BCUT2D eigenvalue weighted by molar-refractivity contribution is 7.14. The molecule has 23 heavy (non-hydrogen) atoms. The number of benzene rings is 1. The molecule has 1 unspecified atom stereocenters. The largest absolute Gasteiger partial charge is 0.333 e. The first-order valence-corrected chi connectivity index (χ1v) is 9.20. The Bertz CT molecular complexity index is 724. The Morgan fingerprint density at radius 2 is 1.96 bits per heavy atom. The molecular formula is C19H22N2OS. The molecule has 1 fully saturated rings. The van der Waals surface area contributed by atoms with Crippen LogP contribution in [0.4, 0.5) is 0 Å². The minimum Gasteiger partial charge on any atom is -0.333 e. The maximum atomic E-state index is 12.8. The molecule has 1 aromatic carbocycles. The summed E-state index contributed by atoms with van der Waals surface area (Å²) in [6, 6.07) is 13.1. The van der Waals surface area contributed by atoms with Crippen molar-refractivity contribution < 1.29 is 4.79 Å². The molecule has 3 heterocycles. The van der Waals surface area contributed by atoms with Gasteiger partial charge in [-0.1, -0.05) is 24.3 Å². The van der Waals surface area contributed by atoms with Crippen molar-refractivity contribution in [2.45, 2.75) is 31.8 Å². The molecule has 0 aliphatic carbocycles. The predicted octanol–water partition coefficient (Wildman–Crippen LogP) is 3.71. The molecule has 1 amide bonds. The van der Waals surface area contributed by atoms with Crippen molar-refractivity contribution in [3.63, 3.8) is 0 Å². The number of fused-ring (bicyclic) bond motifs is 1. The Kier molecular flexibility index (Phi) is 3.95. The van der Waals surface area contributed by atoms with E-state index in [1.807, 2.05) is 11.0 Å². The van der Waals surface area contributed by atoms with Crippen LogP contribution in [0.25, 0.3) is 0 Å². The van der Waals surface area contributed by atoms with Crippen molar-refractivity contribution in [2.24, 2.45) is 0 Å². The Morgan fingerprint density at radius 1 is 1.13 bits per heavy atom. The van der Waals surface area contributed by atoms with E-state index in [4.69, 9.17) is 0 Å². The highest BCUT2D eigenvalue weighted by Crippen LogP contribution is 2.35. The molecule has 4 rings (SSSR count). The first-order chi connectivity index (χ1) is 11.2. The SMILES string of the molecule is CN1CCCC1c1ccc(C(=O)N2CCc3ccccc3C2)s1. The molecule has 0 saturated carbocycles. The molecule has 0 bridgehead atoms. The molecule has 4 heteroatoms. The van der Waals surface area contributed by atoms with Crippen LogP contribution in [0.15, 0.2) is 36.4 Å². The zero-order chi connectivity index (χ0) is 15.8. The van der Waals surface area contributed by atoms with E-state index in [1.165, 1.54) is 28.8 Å². The number of carbonyl (C=O) groups excluding carboxylic acids is 1. The van der Waals surface area contributed by atoms with Gasteiger partial charge in [-0.3, -0.25) is 9.69 Å². The van der Waals surface area contributed by atoms with Gasteiger partial charge >= 0.3 is 0 Å². The Balaban J connectivity index is 1.51. The minimum absolute atomic E-state index is 0.191. The van der Waals surface area contributed by atoms with Crippen LogP contribution < -0.4 is 0 Å². The maximum Gasteiger partial charge on any atom is 0.264 e. The Labute approximate surface area is 141 Å². The number of likely N-dealkylation sites (tertiary alicyclic amines) is 1. The second-order valence-corrected chi connectivity index (χ2v) is 7.70. The van der Waals surface area contributed by atoms with Gasteiger partial charge < -0.3 is 4.90 Å². The third-order valence-electron chi connectivity index (χ3n) is 5.10. The molecule has 120 valence electrons. The zero-order valence-electron chi connectivity index (χ0n) is 13.5. The lowest BCUT2D eigenvalue weighted by atomic mass is 10.00. The van der Waals surface area contributed by atoms with E-state index in [9.17, 15) is 4.79 Å². The number of hydrogen-bond acceptors (Lipinski definition) is 3. The lowest BCUT2D eigenvalue weighted by Gasteiger charge is -2.28. The first kappa shape index (κ1) is 14.9. The number of hydrogen-bond donors (Lipinski definition) is 0. The normalized spacial score (nSPS) is 21.4. The van der Waals surface area contributed by atoms with E-state index in [0.717, 1.165) is 30.9 Å². The summed E-state index contributed by atoms with van der Waals surface area (Å²) >= 11 is 1.68. The van der Waals surface area contributed by atoms with Crippen molar-refractivity contribution in [2.75, 3.05) is 20.1 Å². The molecule has 0 N–H and O–H groups in total. The summed E-state index contributed by atoms with van der Waals surface area (Å²) in [7, 11) is 2.18. The number of carbonyl (C=O) groups is 1. The van der Waals surface area contributed by atoms with Gasteiger partial charge in [-0.2, -0.15) is 0 Å². The molecule has 2 aliphatic heterocycles. The fourth-order valence-corrected chi connectivity index (χ4v) is 4.92. The average molecular weight is 326 g/mol. The molecular weight excluding hydrogens is 304 g/mol. The summed E-state index contributed by atoms with van der Waals surface area (Å²) in [4.78, 5) is 19.5. The second kappa shape index (κ2) is 6.10. The van der Waals surface area contributed by atoms with E-state index >= 15 is 0 Å². The topological polar surface area (TPSA) is 23.6 Å². The minimum atomic E-state index is 0.191. The van der Waals surface area contributed by atoms with Gasteiger partial charge in [0.15, 0.2) is 0 Å². The van der Waals surface area contributed by atoms with Crippen molar-refractivity contribution >= 4 is 17.2 Å². The van der Waals surface area contributed by atoms with Gasteiger partial charge in [-0.15, -0.1) is 11.3 Å². The van der Waals surface area contributed by atoms with E-state index in [1.54, 1.807) is 11.3 Å². The van der Waals surface area contributed by atoms with Crippen LogP contribution in [0.3, 0.4) is 0 Å². The van der Waals surface area contributed by atoms with Gasteiger partial charge in [0.1, 0.15) is 0 Å². The molecule has 1 atom stereocenters. The van der Waals surface area contributed by atoms with Gasteiger partial charge in [-0.25, -0.2) is 0 Å². The summed E-state index contributed by atoms with van der Waals surface area (Å²) in [5.74, 6) is 0.191. The summed E-state index contributed by atoms with van der Waals surface area (Å²) in [5, 5.41) is 0. The van der Waals surface area contributed by atoms with E-state index in [-0.39, 0.29) is 5.91 Å². The smallest absolute Gasteiger partial charge is 0.264 e. The van der Waals surface area contributed by atoms with Crippen LogP contribution in [0.1, 0.15) is 44.6 Å². The van der Waals surface area contributed by atoms with Gasteiger partial charge in [0.05, 0.1) is 4.88 Å². The molecule has 3 nitrogen and oxygen atoms in total. The van der Waals surface area contributed by atoms with Crippen LogP contribution >= 0.6 is 11.3 Å². The van der Waals surface area contributed by atoms with Crippen LogP contribution in [0.2, 0.25) is 0 Å². The van der Waals surface area contributed by atoms with Crippen LogP contribution in [-0.2, 0) is 13.0 Å². The van der Waals surface area contributed by atoms with Crippen molar-refractivity contribution in [1.29, 1.82) is 0 Å². The number of amides is 1. The summed E-state index contributed by atoms with van der Waals surface area (Å²) in [6.45, 7) is 2.73. The molecule has 0 radical (unpaired) electrons. The van der Waals surface area contributed by atoms with E-state index in [0.29, 0.717) is 6.04 Å². The second-order valence-electron chi connectivity index (χ2n) is 6.59. The van der Waals surface area contributed by atoms with Crippen LogP contribution in [-0.4, -0.2) is 35.8 Å². The standard InChI is InChI=1S/C19H22N2OS/c1-20-11-4-7-16(20)17-8-9-18(23-17)19(22)21-12-10-14-5-2-3-6-15(14)13-21/h2-3,5-6,8-9,16H,4,7,10-13H2,1H3. The first-order valence-electron chi connectivity index (χ1n) is 8.38. The van der Waals surface area contributed by atoms with E-state index in [2.05, 4.69) is 42.3 Å². The quantitative estimate of drug-likeness (QED) is 0.840. The Hall–Kier alpha value is -1.65. The molecule has 2 aliphatic rings.